The van der Waals surface area contributed by atoms with Crippen LogP contribution in [-0.4, -0.2) is 27.7 Å². The summed E-state index contributed by atoms with van der Waals surface area (Å²) in [6, 6.07) is 5.58. The first kappa shape index (κ1) is 18.5. The first-order valence-electron chi connectivity index (χ1n) is 8.90. The van der Waals surface area contributed by atoms with Crippen molar-refractivity contribution in [2.75, 3.05) is 17.2 Å². The van der Waals surface area contributed by atoms with Gasteiger partial charge in [-0.25, -0.2) is 13.8 Å². The largest absolute Gasteiger partial charge is 0.394 e. The molecule has 0 bridgehead atoms. The van der Waals surface area contributed by atoms with Crippen LogP contribution in [0, 0.1) is 17.6 Å². The zero-order valence-corrected chi connectivity index (χ0v) is 15.0. The van der Waals surface area contributed by atoms with Crippen LogP contribution in [0.25, 0.3) is 0 Å². The van der Waals surface area contributed by atoms with Crippen LogP contribution in [0.5, 0.6) is 0 Å². The van der Waals surface area contributed by atoms with Gasteiger partial charge in [0.25, 0.3) is 0 Å². The Hall–Kier alpha value is -2.28. The van der Waals surface area contributed by atoms with Crippen molar-refractivity contribution < 1.29 is 13.9 Å². The van der Waals surface area contributed by atoms with Crippen molar-refractivity contribution in [2.24, 2.45) is 5.92 Å². The highest BCUT2D eigenvalue weighted by atomic mass is 19.2. The summed E-state index contributed by atoms with van der Waals surface area (Å²) in [5.74, 6) is 0.0306. The van der Waals surface area contributed by atoms with E-state index in [0.29, 0.717) is 29.8 Å². The molecule has 0 saturated heterocycles. The highest BCUT2D eigenvalue weighted by molar-refractivity contribution is 5.45. The Morgan fingerprint density at radius 3 is 2.54 bits per heavy atom. The predicted molar refractivity (Wildman–Crippen MR) is 97.0 cm³/mol. The van der Waals surface area contributed by atoms with Crippen molar-refractivity contribution in [1.82, 2.24) is 9.97 Å². The third-order valence-electron chi connectivity index (χ3n) is 4.52. The molecule has 3 N–H and O–H groups in total. The number of hydrogen-bond donors (Lipinski definition) is 3. The van der Waals surface area contributed by atoms with Gasteiger partial charge in [-0.15, -0.1) is 0 Å². The second-order valence-corrected chi connectivity index (χ2v) is 7.06. The summed E-state index contributed by atoms with van der Waals surface area (Å²) >= 11 is 0. The minimum absolute atomic E-state index is 0.00764. The number of halogens is 2. The zero-order chi connectivity index (χ0) is 18.7. The molecule has 2 aromatic rings. The molecule has 5 nitrogen and oxygen atoms in total. The number of anilines is 2. The number of hydrogen-bond acceptors (Lipinski definition) is 5. The number of benzene rings is 1. The first-order chi connectivity index (χ1) is 12.5. The summed E-state index contributed by atoms with van der Waals surface area (Å²) in [5, 5.41) is 15.9. The smallest absolute Gasteiger partial charge is 0.225 e. The molecule has 7 heteroatoms. The summed E-state index contributed by atoms with van der Waals surface area (Å²) in [6.07, 6.45) is 2.21. The van der Waals surface area contributed by atoms with Gasteiger partial charge < -0.3 is 15.7 Å². The molecule has 1 aliphatic carbocycles. The van der Waals surface area contributed by atoms with E-state index < -0.39 is 11.6 Å². The monoisotopic (exact) mass is 362 g/mol. The number of aliphatic hydroxyl groups excluding tert-OH is 1. The van der Waals surface area contributed by atoms with Crippen molar-refractivity contribution in [3.63, 3.8) is 0 Å². The van der Waals surface area contributed by atoms with Crippen LogP contribution < -0.4 is 10.6 Å². The van der Waals surface area contributed by atoms with E-state index in [1.165, 1.54) is 12.1 Å². The number of nitrogens with one attached hydrogen (secondary N) is 2. The maximum Gasteiger partial charge on any atom is 0.225 e. The van der Waals surface area contributed by atoms with Crippen LogP contribution in [0.3, 0.4) is 0 Å². The van der Waals surface area contributed by atoms with Gasteiger partial charge in [0.15, 0.2) is 11.6 Å². The maximum absolute atomic E-state index is 13.3. The Morgan fingerprint density at radius 1 is 1.15 bits per heavy atom. The molecule has 1 saturated carbocycles. The third kappa shape index (κ3) is 4.66. The normalized spacial score (nSPS) is 15.2. The average Bonchev–Trinajstić information content (AvgIpc) is 3.45. The molecule has 1 aliphatic rings. The van der Waals surface area contributed by atoms with E-state index in [-0.39, 0.29) is 18.6 Å². The standard InChI is InChI=1S/C19H24F2N4O/c1-11(2)17(10-26)24-19-23-16(13-4-5-13)8-18(25-19)22-9-12-3-6-14(20)15(21)7-12/h3,6-8,11,13,17,26H,4-5,9-10H2,1-2H3,(H2,22,23,24,25)/t17-/m1/s1. The van der Waals surface area contributed by atoms with Gasteiger partial charge in [0.05, 0.1) is 18.3 Å². The predicted octanol–water partition coefficient (Wildman–Crippen LogP) is 3.67. The molecule has 1 aromatic heterocycles. The first-order valence-corrected chi connectivity index (χ1v) is 8.90. The molecular weight excluding hydrogens is 338 g/mol. The lowest BCUT2D eigenvalue weighted by Crippen LogP contribution is -2.30. The van der Waals surface area contributed by atoms with Gasteiger partial charge in [0.2, 0.25) is 5.95 Å². The molecule has 1 heterocycles. The minimum Gasteiger partial charge on any atom is -0.394 e. The SMILES string of the molecule is CC(C)[C@@H](CO)Nc1nc(NCc2ccc(F)c(F)c2)cc(C2CC2)n1. The van der Waals surface area contributed by atoms with E-state index in [4.69, 9.17) is 0 Å². The lowest BCUT2D eigenvalue weighted by molar-refractivity contribution is 0.248. The second kappa shape index (κ2) is 7.95. The van der Waals surface area contributed by atoms with Crippen molar-refractivity contribution in [3.8, 4) is 0 Å². The Kier molecular flexibility index (Phi) is 5.66. The molecule has 0 spiro atoms. The number of aromatic nitrogens is 2. The molecule has 140 valence electrons. The number of nitrogens with zero attached hydrogens (tertiary/aromatic N) is 2. The van der Waals surface area contributed by atoms with E-state index in [2.05, 4.69) is 20.6 Å². The van der Waals surface area contributed by atoms with E-state index in [1.807, 2.05) is 19.9 Å². The quantitative estimate of drug-likeness (QED) is 0.668. The fourth-order valence-electron chi connectivity index (χ4n) is 2.64. The summed E-state index contributed by atoms with van der Waals surface area (Å²) in [7, 11) is 0. The highest BCUT2D eigenvalue weighted by Gasteiger charge is 2.26. The van der Waals surface area contributed by atoms with E-state index >= 15 is 0 Å². The molecule has 0 radical (unpaired) electrons. The molecule has 0 unspecified atom stereocenters. The maximum atomic E-state index is 13.3. The Balaban J connectivity index is 1.76. The van der Waals surface area contributed by atoms with E-state index in [9.17, 15) is 13.9 Å². The zero-order valence-electron chi connectivity index (χ0n) is 15.0. The minimum atomic E-state index is -0.865. The van der Waals surface area contributed by atoms with Gasteiger partial charge in [0, 0.05) is 18.5 Å². The molecule has 0 aliphatic heterocycles. The second-order valence-electron chi connectivity index (χ2n) is 7.06. The van der Waals surface area contributed by atoms with E-state index in [1.54, 1.807) is 0 Å². The molecule has 1 fully saturated rings. The Morgan fingerprint density at radius 2 is 1.92 bits per heavy atom. The van der Waals surface area contributed by atoms with Crippen LogP contribution in [0.15, 0.2) is 24.3 Å². The lowest BCUT2D eigenvalue weighted by Gasteiger charge is -2.20. The Labute approximate surface area is 151 Å². The molecule has 0 amide bonds. The van der Waals surface area contributed by atoms with Crippen molar-refractivity contribution in [3.05, 3.63) is 47.2 Å². The van der Waals surface area contributed by atoms with Gasteiger partial charge in [-0.3, -0.25) is 0 Å². The van der Waals surface area contributed by atoms with E-state index in [0.717, 1.165) is 24.6 Å². The van der Waals surface area contributed by atoms with Crippen molar-refractivity contribution in [2.45, 2.75) is 45.2 Å². The third-order valence-corrected chi connectivity index (χ3v) is 4.52. The summed E-state index contributed by atoms with van der Waals surface area (Å²) in [4.78, 5) is 9.02. The molecule has 1 aromatic carbocycles. The van der Waals surface area contributed by atoms with Gasteiger partial charge in [-0.2, -0.15) is 4.98 Å². The lowest BCUT2D eigenvalue weighted by atomic mass is 10.1. The van der Waals surface area contributed by atoms with Crippen LogP contribution in [-0.2, 0) is 6.54 Å². The number of rotatable bonds is 8. The fraction of sp³-hybridized carbons (Fsp3) is 0.474. The average molecular weight is 362 g/mol. The highest BCUT2D eigenvalue weighted by Crippen LogP contribution is 2.40. The summed E-state index contributed by atoms with van der Waals surface area (Å²) in [5.41, 5.74) is 1.58. The van der Waals surface area contributed by atoms with Crippen LogP contribution in [0.4, 0.5) is 20.5 Å². The summed E-state index contributed by atoms with van der Waals surface area (Å²) in [6.45, 7) is 4.35. The van der Waals surface area contributed by atoms with Gasteiger partial charge in [0.1, 0.15) is 5.82 Å². The van der Waals surface area contributed by atoms with Crippen LogP contribution in [0.1, 0.15) is 43.9 Å². The van der Waals surface area contributed by atoms with Crippen molar-refractivity contribution in [1.29, 1.82) is 0 Å². The number of aliphatic hydroxyl groups is 1. The van der Waals surface area contributed by atoms with Gasteiger partial charge in [-0.05, 0) is 36.5 Å². The molecule has 26 heavy (non-hydrogen) atoms. The Bertz CT molecular complexity index is 765. The van der Waals surface area contributed by atoms with Gasteiger partial charge in [-0.1, -0.05) is 19.9 Å². The topological polar surface area (TPSA) is 70.1 Å². The fourth-order valence-corrected chi connectivity index (χ4v) is 2.64. The van der Waals surface area contributed by atoms with Crippen LogP contribution >= 0.6 is 0 Å². The van der Waals surface area contributed by atoms with Crippen LogP contribution in [0.2, 0.25) is 0 Å². The molecule has 3 rings (SSSR count). The molecular formula is C19H24F2N4O. The molecule has 1 atom stereocenters. The van der Waals surface area contributed by atoms with Gasteiger partial charge >= 0.3 is 0 Å². The van der Waals surface area contributed by atoms with Crippen molar-refractivity contribution >= 4 is 11.8 Å². The summed E-state index contributed by atoms with van der Waals surface area (Å²) < 4.78 is 26.4.